The van der Waals surface area contributed by atoms with Crippen LogP contribution in [0.1, 0.15) is 25.0 Å². The summed E-state index contributed by atoms with van der Waals surface area (Å²) >= 11 is 3.50. The molecule has 3 heterocycles. The van der Waals surface area contributed by atoms with Gasteiger partial charge in [0.1, 0.15) is 0 Å². The van der Waals surface area contributed by atoms with Gasteiger partial charge < -0.3 is 0 Å². The highest BCUT2D eigenvalue weighted by atomic mass is 79.9. The molecule has 0 aliphatic carbocycles. The minimum atomic E-state index is -0.151. The molecule has 0 amide bonds. The molecule has 5 rings (SSSR count). The molecule has 122 valence electrons. The van der Waals surface area contributed by atoms with Crippen molar-refractivity contribution in [2.24, 2.45) is 4.99 Å². The Morgan fingerprint density at radius 3 is 2.76 bits per heavy atom. The van der Waals surface area contributed by atoms with Gasteiger partial charge in [-0.25, -0.2) is 9.50 Å². The van der Waals surface area contributed by atoms with E-state index in [1.165, 1.54) is 5.56 Å². The standard InChI is InChI=1S/C20H15BrN4/c1-20(2)15-5-3-4-6-16(15)23-18(20)12-10-22-19-14-8-7-13(21)9-17(14)24-25(19)11-12/h3-11H,1-2H3. The summed E-state index contributed by atoms with van der Waals surface area (Å²) in [6.45, 7) is 4.41. The minimum absolute atomic E-state index is 0.151. The van der Waals surface area contributed by atoms with E-state index in [9.17, 15) is 0 Å². The molecule has 0 N–H and O–H groups in total. The molecule has 25 heavy (non-hydrogen) atoms. The van der Waals surface area contributed by atoms with Gasteiger partial charge in [0.15, 0.2) is 5.65 Å². The van der Waals surface area contributed by atoms with Crippen molar-refractivity contribution >= 4 is 43.9 Å². The lowest BCUT2D eigenvalue weighted by atomic mass is 9.79. The van der Waals surface area contributed by atoms with Gasteiger partial charge in [-0.3, -0.25) is 4.99 Å². The zero-order chi connectivity index (χ0) is 17.2. The van der Waals surface area contributed by atoms with E-state index in [1.54, 1.807) is 0 Å². The number of aromatic nitrogens is 3. The molecular weight excluding hydrogens is 376 g/mol. The Labute approximate surface area is 153 Å². The Morgan fingerprint density at radius 1 is 1.08 bits per heavy atom. The average Bonchev–Trinajstić information content (AvgIpc) is 3.08. The van der Waals surface area contributed by atoms with Crippen molar-refractivity contribution in [3.63, 3.8) is 0 Å². The number of halogens is 1. The van der Waals surface area contributed by atoms with Gasteiger partial charge >= 0.3 is 0 Å². The minimum Gasteiger partial charge on any atom is -0.251 e. The van der Waals surface area contributed by atoms with Gasteiger partial charge in [-0.2, -0.15) is 5.10 Å². The van der Waals surface area contributed by atoms with Crippen molar-refractivity contribution < 1.29 is 0 Å². The lowest BCUT2D eigenvalue weighted by Crippen LogP contribution is -2.26. The lowest BCUT2D eigenvalue weighted by Gasteiger charge is -2.22. The molecule has 0 saturated heterocycles. The van der Waals surface area contributed by atoms with Gasteiger partial charge in [-0.05, 0) is 29.8 Å². The molecule has 4 aromatic rings. The fraction of sp³-hybridized carbons (Fsp3) is 0.150. The molecule has 5 heteroatoms. The van der Waals surface area contributed by atoms with E-state index in [1.807, 2.05) is 41.2 Å². The van der Waals surface area contributed by atoms with Gasteiger partial charge in [-0.15, -0.1) is 0 Å². The highest BCUT2D eigenvalue weighted by Gasteiger charge is 2.35. The van der Waals surface area contributed by atoms with E-state index < -0.39 is 0 Å². The summed E-state index contributed by atoms with van der Waals surface area (Å²) in [4.78, 5) is 9.55. The third kappa shape index (κ3) is 2.09. The largest absolute Gasteiger partial charge is 0.251 e. The van der Waals surface area contributed by atoms with Gasteiger partial charge in [-0.1, -0.05) is 48.0 Å². The smallest absolute Gasteiger partial charge is 0.162 e. The summed E-state index contributed by atoms with van der Waals surface area (Å²) in [7, 11) is 0. The summed E-state index contributed by atoms with van der Waals surface area (Å²) in [5, 5.41) is 5.72. The summed E-state index contributed by atoms with van der Waals surface area (Å²) in [6.07, 6.45) is 3.94. The van der Waals surface area contributed by atoms with Crippen LogP contribution < -0.4 is 0 Å². The van der Waals surface area contributed by atoms with Crippen molar-refractivity contribution in [2.45, 2.75) is 19.3 Å². The fourth-order valence-corrected chi connectivity index (χ4v) is 3.96. The van der Waals surface area contributed by atoms with E-state index in [2.05, 4.69) is 58.1 Å². The quantitative estimate of drug-likeness (QED) is 0.455. The maximum absolute atomic E-state index is 4.88. The molecule has 1 aliphatic heterocycles. The highest BCUT2D eigenvalue weighted by Crippen LogP contribution is 2.41. The predicted octanol–water partition coefficient (Wildman–Crippen LogP) is 5.06. The summed E-state index contributed by atoms with van der Waals surface area (Å²) in [5.74, 6) is 0. The number of fused-ring (bicyclic) bond motifs is 4. The Kier molecular flexibility index (Phi) is 2.95. The lowest BCUT2D eigenvalue weighted by molar-refractivity contribution is 0.736. The second-order valence-corrected chi connectivity index (χ2v) is 7.79. The molecule has 0 spiro atoms. The molecular formula is C20H15BrN4. The summed E-state index contributed by atoms with van der Waals surface area (Å²) < 4.78 is 2.87. The van der Waals surface area contributed by atoms with E-state index in [4.69, 9.17) is 4.99 Å². The summed E-state index contributed by atoms with van der Waals surface area (Å²) in [6, 6.07) is 14.4. The molecule has 0 radical (unpaired) electrons. The van der Waals surface area contributed by atoms with Crippen LogP contribution in [-0.2, 0) is 5.41 Å². The van der Waals surface area contributed by atoms with Crippen LogP contribution in [0.4, 0.5) is 5.69 Å². The second kappa shape index (κ2) is 4.99. The molecule has 0 saturated carbocycles. The fourth-order valence-electron chi connectivity index (χ4n) is 3.61. The predicted molar refractivity (Wildman–Crippen MR) is 104 cm³/mol. The van der Waals surface area contributed by atoms with Crippen LogP contribution in [0.3, 0.4) is 0 Å². The number of rotatable bonds is 1. The number of para-hydroxylation sites is 1. The van der Waals surface area contributed by atoms with Crippen molar-refractivity contribution in [1.29, 1.82) is 0 Å². The number of benzene rings is 2. The molecule has 0 bridgehead atoms. The molecule has 0 unspecified atom stereocenters. The zero-order valence-corrected chi connectivity index (χ0v) is 15.4. The van der Waals surface area contributed by atoms with Crippen LogP contribution in [0.5, 0.6) is 0 Å². The van der Waals surface area contributed by atoms with Crippen molar-refractivity contribution in [2.75, 3.05) is 0 Å². The third-order valence-electron chi connectivity index (χ3n) is 4.90. The van der Waals surface area contributed by atoms with Crippen molar-refractivity contribution in [3.05, 3.63) is 70.5 Å². The highest BCUT2D eigenvalue weighted by molar-refractivity contribution is 9.10. The maximum atomic E-state index is 4.88. The van der Waals surface area contributed by atoms with Crippen LogP contribution in [0.25, 0.3) is 16.6 Å². The van der Waals surface area contributed by atoms with Crippen LogP contribution in [0.2, 0.25) is 0 Å². The maximum Gasteiger partial charge on any atom is 0.162 e. The molecule has 0 atom stereocenters. The first-order valence-electron chi connectivity index (χ1n) is 8.17. The normalized spacial score (nSPS) is 15.6. The average molecular weight is 391 g/mol. The van der Waals surface area contributed by atoms with E-state index in [-0.39, 0.29) is 5.41 Å². The van der Waals surface area contributed by atoms with Crippen LogP contribution in [0.15, 0.2) is 64.3 Å². The third-order valence-corrected chi connectivity index (χ3v) is 5.39. The second-order valence-electron chi connectivity index (χ2n) is 6.87. The van der Waals surface area contributed by atoms with Gasteiger partial charge in [0.05, 0.1) is 16.9 Å². The van der Waals surface area contributed by atoms with Gasteiger partial charge in [0.2, 0.25) is 0 Å². The Hall–Kier alpha value is -2.53. The molecule has 0 fully saturated rings. The Morgan fingerprint density at radius 2 is 1.92 bits per heavy atom. The van der Waals surface area contributed by atoms with Gasteiger partial charge in [0, 0.05) is 33.2 Å². The Balaban J connectivity index is 1.71. The van der Waals surface area contributed by atoms with Crippen LogP contribution >= 0.6 is 15.9 Å². The number of hydrogen-bond acceptors (Lipinski definition) is 3. The topological polar surface area (TPSA) is 42.5 Å². The number of aliphatic imine (C=N–C) groups is 1. The summed E-state index contributed by atoms with van der Waals surface area (Å²) in [5.41, 5.74) is 5.96. The van der Waals surface area contributed by atoms with E-state index >= 15 is 0 Å². The Bertz CT molecular complexity index is 1190. The first-order chi connectivity index (χ1) is 12.0. The van der Waals surface area contributed by atoms with Crippen LogP contribution in [-0.4, -0.2) is 20.3 Å². The zero-order valence-electron chi connectivity index (χ0n) is 13.9. The molecule has 1 aliphatic rings. The molecule has 2 aromatic heterocycles. The van der Waals surface area contributed by atoms with Crippen molar-refractivity contribution in [1.82, 2.24) is 14.6 Å². The van der Waals surface area contributed by atoms with E-state index in [0.717, 1.165) is 38.0 Å². The first kappa shape index (κ1) is 14.8. The van der Waals surface area contributed by atoms with Crippen molar-refractivity contribution in [3.8, 4) is 0 Å². The first-order valence-corrected chi connectivity index (χ1v) is 8.96. The molecule has 4 nitrogen and oxygen atoms in total. The van der Waals surface area contributed by atoms with Gasteiger partial charge in [0.25, 0.3) is 0 Å². The number of hydrogen-bond donors (Lipinski definition) is 0. The van der Waals surface area contributed by atoms with E-state index in [0.29, 0.717) is 0 Å². The number of nitrogens with zero attached hydrogens (tertiary/aromatic N) is 4. The van der Waals surface area contributed by atoms with Crippen LogP contribution in [0, 0.1) is 0 Å². The SMILES string of the molecule is CC1(C)C(c2cnc3c4ccc(Br)cc4nn3c2)=Nc2ccccc21. The monoisotopic (exact) mass is 390 g/mol. The molecule has 2 aromatic carbocycles.